The van der Waals surface area contributed by atoms with Crippen molar-refractivity contribution in [3.05, 3.63) is 34.1 Å². The van der Waals surface area contributed by atoms with Crippen LogP contribution in [-0.4, -0.2) is 29.8 Å². The second-order valence-corrected chi connectivity index (χ2v) is 7.38. The molecule has 0 spiro atoms. The summed E-state index contributed by atoms with van der Waals surface area (Å²) >= 11 is 0. The summed E-state index contributed by atoms with van der Waals surface area (Å²) in [7, 11) is 0. The number of hydrogen-bond donors (Lipinski definition) is 1. The van der Waals surface area contributed by atoms with Gasteiger partial charge in [0.05, 0.1) is 16.5 Å². The highest BCUT2D eigenvalue weighted by Gasteiger charge is 2.35. The predicted octanol–water partition coefficient (Wildman–Crippen LogP) is 3.17. The molecule has 1 heterocycles. The fourth-order valence-electron chi connectivity index (χ4n) is 3.99. The first-order valence-corrected chi connectivity index (χ1v) is 9.47. The maximum absolute atomic E-state index is 13.5. The van der Waals surface area contributed by atoms with Crippen LogP contribution in [0.4, 0.5) is 15.8 Å². The highest BCUT2D eigenvalue weighted by Crippen LogP contribution is 2.30. The van der Waals surface area contributed by atoms with E-state index in [0.29, 0.717) is 6.54 Å². The molecule has 1 saturated carbocycles. The summed E-state index contributed by atoms with van der Waals surface area (Å²) in [6.45, 7) is 0.748. The first-order valence-electron chi connectivity index (χ1n) is 9.47. The van der Waals surface area contributed by atoms with E-state index in [0.717, 1.165) is 30.9 Å². The van der Waals surface area contributed by atoms with Crippen LogP contribution < -0.4 is 10.2 Å². The second-order valence-electron chi connectivity index (χ2n) is 7.38. The highest BCUT2D eigenvalue weighted by atomic mass is 19.1. The number of hydrogen-bond acceptors (Lipinski definition) is 4. The Kier molecular flexibility index (Phi) is 6.03. The Morgan fingerprint density at radius 3 is 2.78 bits per heavy atom. The fourth-order valence-corrected chi connectivity index (χ4v) is 3.99. The molecule has 1 atom stereocenters. The first-order chi connectivity index (χ1) is 13.0. The number of carbonyl (C=O) groups excluding carboxylic acids is 2. The molecule has 0 aromatic heterocycles. The molecule has 1 aliphatic carbocycles. The van der Waals surface area contributed by atoms with Crippen LogP contribution in [0.15, 0.2) is 18.2 Å². The summed E-state index contributed by atoms with van der Waals surface area (Å²) in [6.07, 6.45) is 7.28. The zero-order chi connectivity index (χ0) is 19.4. The Hall–Kier alpha value is -2.51. The van der Waals surface area contributed by atoms with Gasteiger partial charge in [-0.05, 0) is 30.9 Å². The Morgan fingerprint density at radius 2 is 2.07 bits per heavy atom. The lowest BCUT2D eigenvalue weighted by Gasteiger charge is -2.17. The van der Waals surface area contributed by atoms with Gasteiger partial charge in [0.25, 0.3) is 0 Å². The number of nitrogens with zero attached hydrogens (tertiary/aromatic N) is 2. The lowest BCUT2D eigenvalue weighted by atomic mass is 10.0. The summed E-state index contributed by atoms with van der Waals surface area (Å²) in [5.41, 5.74) is -0.440. The van der Waals surface area contributed by atoms with Crippen molar-refractivity contribution in [3.63, 3.8) is 0 Å². The van der Waals surface area contributed by atoms with Gasteiger partial charge in [-0.15, -0.1) is 0 Å². The molecule has 146 valence electrons. The van der Waals surface area contributed by atoms with Crippen LogP contribution in [0.3, 0.4) is 0 Å². The van der Waals surface area contributed by atoms with Crippen LogP contribution in [0.25, 0.3) is 0 Å². The molecule has 1 aromatic carbocycles. The average molecular weight is 377 g/mol. The second kappa shape index (κ2) is 8.45. The number of anilines is 1. The number of nitrogens with one attached hydrogen (secondary N) is 1. The van der Waals surface area contributed by atoms with E-state index in [4.69, 9.17) is 0 Å². The van der Waals surface area contributed by atoms with E-state index >= 15 is 0 Å². The molecule has 0 radical (unpaired) electrons. The lowest BCUT2D eigenvalue weighted by Crippen LogP contribution is -2.33. The maximum Gasteiger partial charge on any atom is 0.306 e. The van der Waals surface area contributed by atoms with Crippen molar-refractivity contribution in [2.24, 2.45) is 11.8 Å². The molecular weight excluding hydrogens is 353 g/mol. The molecule has 1 N–H and O–H groups in total. The Labute approximate surface area is 157 Å². The molecule has 1 aromatic rings. The highest BCUT2D eigenvalue weighted by molar-refractivity contribution is 6.00. The van der Waals surface area contributed by atoms with Crippen molar-refractivity contribution in [1.29, 1.82) is 0 Å². The summed E-state index contributed by atoms with van der Waals surface area (Å²) in [6, 6.07) is 3.33. The number of nitro groups is 1. The summed E-state index contributed by atoms with van der Waals surface area (Å²) in [5.74, 6) is -1.13. The van der Waals surface area contributed by atoms with Crippen molar-refractivity contribution in [1.82, 2.24) is 5.32 Å². The number of halogens is 1. The van der Waals surface area contributed by atoms with Crippen molar-refractivity contribution < 1.29 is 18.9 Å². The smallest absolute Gasteiger partial charge is 0.306 e. The molecule has 1 aliphatic heterocycles. The minimum Gasteiger partial charge on any atom is -0.356 e. The summed E-state index contributed by atoms with van der Waals surface area (Å²) in [5, 5.41) is 13.8. The molecule has 2 aliphatic rings. The molecule has 2 fully saturated rings. The van der Waals surface area contributed by atoms with Crippen LogP contribution in [0.2, 0.25) is 0 Å². The van der Waals surface area contributed by atoms with E-state index in [2.05, 4.69) is 5.32 Å². The fraction of sp³-hybridized carbons (Fsp3) is 0.579. The Bertz CT molecular complexity index is 734. The van der Waals surface area contributed by atoms with Crippen LogP contribution in [0, 0.1) is 27.8 Å². The number of benzene rings is 1. The Morgan fingerprint density at radius 1 is 1.33 bits per heavy atom. The number of nitro benzene ring substituents is 1. The van der Waals surface area contributed by atoms with Gasteiger partial charge >= 0.3 is 5.69 Å². The monoisotopic (exact) mass is 377 g/mol. The SMILES string of the molecule is O=C(NCCCC1CCCC1)C1CC(=O)N(c2ccc(F)c([N+](=O)[O-])c2)C1. The summed E-state index contributed by atoms with van der Waals surface area (Å²) in [4.78, 5) is 35.9. The largest absolute Gasteiger partial charge is 0.356 e. The topological polar surface area (TPSA) is 92.6 Å². The lowest BCUT2D eigenvalue weighted by molar-refractivity contribution is -0.387. The third kappa shape index (κ3) is 4.61. The van der Waals surface area contributed by atoms with Gasteiger partial charge < -0.3 is 10.2 Å². The quantitative estimate of drug-likeness (QED) is 0.449. The van der Waals surface area contributed by atoms with Crippen LogP contribution in [-0.2, 0) is 9.59 Å². The van der Waals surface area contributed by atoms with Crippen molar-refractivity contribution in [2.75, 3.05) is 18.0 Å². The third-order valence-corrected chi connectivity index (χ3v) is 5.50. The van der Waals surface area contributed by atoms with Gasteiger partial charge in [-0.3, -0.25) is 19.7 Å². The van der Waals surface area contributed by atoms with Crippen LogP contribution in [0.5, 0.6) is 0 Å². The zero-order valence-corrected chi connectivity index (χ0v) is 15.2. The van der Waals surface area contributed by atoms with Gasteiger partial charge in [0.1, 0.15) is 0 Å². The van der Waals surface area contributed by atoms with Gasteiger partial charge in [0, 0.05) is 25.6 Å². The number of carbonyl (C=O) groups is 2. The van der Waals surface area contributed by atoms with Gasteiger partial charge in [-0.25, -0.2) is 0 Å². The molecular formula is C19H24FN3O4. The molecule has 2 amide bonds. The molecule has 8 heteroatoms. The molecule has 3 rings (SSSR count). The maximum atomic E-state index is 13.5. The minimum absolute atomic E-state index is 0.0552. The molecule has 7 nitrogen and oxygen atoms in total. The molecule has 0 bridgehead atoms. The van der Waals surface area contributed by atoms with Crippen molar-refractivity contribution in [2.45, 2.75) is 44.9 Å². The van der Waals surface area contributed by atoms with Crippen molar-refractivity contribution in [3.8, 4) is 0 Å². The zero-order valence-electron chi connectivity index (χ0n) is 15.2. The minimum atomic E-state index is -0.952. The van der Waals surface area contributed by atoms with Gasteiger partial charge in [0.2, 0.25) is 17.6 Å². The number of amides is 2. The molecule has 1 unspecified atom stereocenters. The summed E-state index contributed by atoms with van der Waals surface area (Å²) < 4.78 is 13.5. The predicted molar refractivity (Wildman–Crippen MR) is 97.7 cm³/mol. The Balaban J connectivity index is 1.52. The van der Waals surface area contributed by atoms with Crippen LogP contribution >= 0.6 is 0 Å². The van der Waals surface area contributed by atoms with E-state index in [1.54, 1.807) is 0 Å². The van der Waals surface area contributed by atoms with Gasteiger partial charge in [0.15, 0.2) is 0 Å². The van der Waals surface area contributed by atoms with E-state index in [1.807, 2.05) is 0 Å². The van der Waals surface area contributed by atoms with E-state index < -0.39 is 22.3 Å². The van der Waals surface area contributed by atoms with Gasteiger partial charge in [-0.1, -0.05) is 25.7 Å². The van der Waals surface area contributed by atoms with Crippen molar-refractivity contribution >= 4 is 23.2 Å². The van der Waals surface area contributed by atoms with Gasteiger partial charge in [-0.2, -0.15) is 4.39 Å². The first kappa shape index (κ1) is 19.3. The standard InChI is InChI=1S/C19H24FN3O4/c20-16-8-7-15(11-17(16)23(26)27)22-12-14(10-18(22)24)19(25)21-9-3-6-13-4-1-2-5-13/h7-8,11,13-14H,1-6,9-10,12H2,(H,21,25). The van der Waals surface area contributed by atoms with E-state index in [1.165, 1.54) is 36.6 Å². The molecule has 27 heavy (non-hydrogen) atoms. The third-order valence-electron chi connectivity index (χ3n) is 5.50. The normalized spacial score (nSPS) is 20.3. The van der Waals surface area contributed by atoms with Crippen LogP contribution in [0.1, 0.15) is 44.9 Å². The average Bonchev–Trinajstić information content (AvgIpc) is 3.28. The molecule has 1 saturated heterocycles. The number of rotatable bonds is 7. The van der Waals surface area contributed by atoms with E-state index in [9.17, 15) is 24.1 Å². The van der Waals surface area contributed by atoms with E-state index in [-0.39, 0.29) is 30.5 Å².